The lowest BCUT2D eigenvalue weighted by Gasteiger charge is -2.32. The van der Waals surface area contributed by atoms with Crippen LogP contribution in [0.2, 0.25) is 0 Å². The minimum absolute atomic E-state index is 0.0744. The number of nitrogens with zero attached hydrogens (tertiary/aromatic N) is 1. The van der Waals surface area contributed by atoms with Crippen LogP contribution in [0, 0.1) is 23.4 Å². The number of fused-ring (bicyclic) bond motifs is 1. The normalized spacial score (nSPS) is 12.9. The molecule has 0 bridgehead atoms. The number of amides is 1. The maximum absolute atomic E-state index is 14.1. The number of hydrogen-bond acceptors (Lipinski definition) is 2. The number of benzene rings is 2. The van der Waals surface area contributed by atoms with E-state index in [4.69, 9.17) is 0 Å². The highest BCUT2D eigenvalue weighted by molar-refractivity contribution is 5.95. The maximum atomic E-state index is 14.1. The van der Waals surface area contributed by atoms with Crippen LogP contribution in [-0.4, -0.2) is 22.3 Å². The van der Waals surface area contributed by atoms with E-state index in [1.165, 1.54) is 11.1 Å². The highest BCUT2D eigenvalue weighted by atomic mass is 19.4. The van der Waals surface area contributed by atoms with Crippen molar-refractivity contribution >= 4 is 16.7 Å². The van der Waals surface area contributed by atoms with Crippen LogP contribution in [0.1, 0.15) is 48.3 Å². The first-order valence-electron chi connectivity index (χ1n) is 9.99. The molecule has 3 aromatic rings. The molecule has 0 saturated heterocycles. The van der Waals surface area contributed by atoms with Crippen molar-refractivity contribution in [2.75, 3.05) is 6.54 Å². The Bertz CT molecular complexity index is 1270. The van der Waals surface area contributed by atoms with E-state index in [0.29, 0.717) is 12.1 Å². The number of alkyl halides is 3. The van der Waals surface area contributed by atoms with Gasteiger partial charge in [-0.2, -0.15) is 13.2 Å². The second-order valence-corrected chi connectivity index (χ2v) is 8.10. The van der Waals surface area contributed by atoms with Gasteiger partial charge in [-0.1, -0.05) is 13.8 Å². The Hall–Kier alpha value is -3.30. The number of hydrogen-bond donors (Lipinski definition) is 1. The number of nitrogens with one attached hydrogen (secondary N) is 1. The van der Waals surface area contributed by atoms with Crippen LogP contribution >= 0.6 is 0 Å². The molecular formula is C23H20F6N2O2. The molecule has 176 valence electrons. The molecular weight excluding hydrogens is 450 g/mol. The van der Waals surface area contributed by atoms with Crippen molar-refractivity contribution in [1.29, 1.82) is 0 Å². The van der Waals surface area contributed by atoms with Crippen LogP contribution in [-0.2, 0) is 6.18 Å². The summed E-state index contributed by atoms with van der Waals surface area (Å²) in [5.74, 6) is -4.84. The van der Waals surface area contributed by atoms with Gasteiger partial charge in [0.25, 0.3) is 11.5 Å². The lowest BCUT2D eigenvalue weighted by Crippen LogP contribution is -2.37. The van der Waals surface area contributed by atoms with Crippen molar-refractivity contribution in [1.82, 2.24) is 9.88 Å². The lowest BCUT2D eigenvalue weighted by molar-refractivity contribution is -0.140. The second kappa shape index (κ2) is 8.92. The molecule has 33 heavy (non-hydrogen) atoms. The van der Waals surface area contributed by atoms with Gasteiger partial charge in [0.05, 0.1) is 17.0 Å². The zero-order valence-corrected chi connectivity index (χ0v) is 17.9. The minimum Gasteiger partial charge on any atom is -0.332 e. The zero-order valence-electron chi connectivity index (χ0n) is 17.9. The van der Waals surface area contributed by atoms with E-state index >= 15 is 0 Å². The average Bonchev–Trinajstić information content (AvgIpc) is 2.71. The summed E-state index contributed by atoms with van der Waals surface area (Å²) in [6.45, 7) is 5.27. The Balaban J connectivity index is 2.10. The number of carbonyl (C=O) groups is 1. The number of carbonyl (C=O) groups excluding carboxylic acids is 1. The smallest absolute Gasteiger partial charge is 0.332 e. The fourth-order valence-electron chi connectivity index (χ4n) is 3.64. The summed E-state index contributed by atoms with van der Waals surface area (Å²) in [4.78, 5) is 29.0. The summed E-state index contributed by atoms with van der Waals surface area (Å²) in [6, 6.07) is 2.67. The van der Waals surface area contributed by atoms with Gasteiger partial charge in [0.2, 0.25) is 0 Å². The highest BCUT2D eigenvalue weighted by Gasteiger charge is 2.35. The Kier molecular flexibility index (Phi) is 6.58. The number of aromatic nitrogens is 1. The molecule has 0 unspecified atom stereocenters. The molecule has 1 atom stereocenters. The second-order valence-electron chi connectivity index (χ2n) is 8.10. The van der Waals surface area contributed by atoms with Gasteiger partial charge in [0.15, 0.2) is 11.6 Å². The van der Waals surface area contributed by atoms with Crippen LogP contribution in [0.25, 0.3) is 10.8 Å². The number of H-pyrrole nitrogens is 1. The number of rotatable bonds is 5. The summed E-state index contributed by atoms with van der Waals surface area (Å²) in [5, 5.41) is -0.0546. The standard InChI is InChI=1S/C23H20F6N2O2/c1-11(2)10-31(22(33)13-4-5-17(18(24)6-13)23(27,28)29)12(3)16-9-30-21(32)15-8-20(26)19(25)7-14(15)16/h4-9,11-12H,10H2,1-3H3,(H,30,32)/t12-/m1/s1. The summed E-state index contributed by atoms with van der Waals surface area (Å²) in [6.07, 6.45) is -3.65. The third-order valence-corrected chi connectivity index (χ3v) is 5.24. The molecule has 0 aliphatic heterocycles. The summed E-state index contributed by atoms with van der Waals surface area (Å²) in [5.41, 5.74) is -2.18. The lowest BCUT2D eigenvalue weighted by atomic mass is 9.99. The van der Waals surface area contributed by atoms with Crippen molar-refractivity contribution in [3.05, 3.63) is 81.0 Å². The predicted molar refractivity (Wildman–Crippen MR) is 110 cm³/mol. The van der Waals surface area contributed by atoms with E-state index in [2.05, 4.69) is 4.98 Å². The van der Waals surface area contributed by atoms with Crippen molar-refractivity contribution in [3.63, 3.8) is 0 Å². The van der Waals surface area contributed by atoms with Gasteiger partial charge >= 0.3 is 6.18 Å². The molecule has 0 spiro atoms. The molecule has 10 heteroatoms. The quantitative estimate of drug-likeness (QED) is 0.478. The fourth-order valence-corrected chi connectivity index (χ4v) is 3.64. The first-order valence-corrected chi connectivity index (χ1v) is 9.99. The fraction of sp³-hybridized carbons (Fsp3) is 0.304. The average molecular weight is 470 g/mol. The van der Waals surface area contributed by atoms with E-state index in [1.807, 2.05) is 0 Å². The Morgan fingerprint density at radius 2 is 1.58 bits per heavy atom. The summed E-state index contributed by atoms with van der Waals surface area (Å²) < 4.78 is 80.4. The van der Waals surface area contributed by atoms with Gasteiger partial charge in [0.1, 0.15) is 5.82 Å². The van der Waals surface area contributed by atoms with E-state index in [9.17, 15) is 35.9 Å². The van der Waals surface area contributed by atoms with Gasteiger partial charge in [-0.3, -0.25) is 9.59 Å². The molecule has 0 radical (unpaired) electrons. The number of pyridine rings is 1. The van der Waals surface area contributed by atoms with Crippen LogP contribution < -0.4 is 5.56 Å². The highest BCUT2D eigenvalue weighted by Crippen LogP contribution is 2.33. The molecule has 0 fully saturated rings. The van der Waals surface area contributed by atoms with E-state index in [-0.39, 0.29) is 34.4 Å². The molecule has 2 aromatic carbocycles. The van der Waals surface area contributed by atoms with Gasteiger partial charge in [-0.15, -0.1) is 0 Å². The van der Waals surface area contributed by atoms with Crippen LogP contribution in [0.15, 0.2) is 41.3 Å². The van der Waals surface area contributed by atoms with Crippen molar-refractivity contribution < 1.29 is 31.1 Å². The SMILES string of the molecule is CC(C)CN(C(=O)c1ccc(C(F)(F)F)c(F)c1)[C@H](C)c1c[nH]c(=O)c2cc(F)c(F)cc12. The molecule has 1 amide bonds. The van der Waals surface area contributed by atoms with Gasteiger partial charge < -0.3 is 9.88 Å². The third kappa shape index (κ3) is 4.89. The van der Waals surface area contributed by atoms with Gasteiger partial charge in [-0.05, 0) is 54.1 Å². The summed E-state index contributed by atoms with van der Waals surface area (Å²) in [7, 11) is 0. The Morgan fingerprint density at radius 1 is 0.970 bits per heavy atom. The maximum Gasteiger partial charge on any atom is 0.419 e. The molecule has 1 aromatic heterocycles. The Labute approximate surface area is 184 Å². The van der Waals surface area contributed by atoms with Crippen LogP contribution in [0.3, 0.4) is 0 Å². The Morgan fingerprint density at radius 3 is 2.12 bits per heavy atom. The largest absolute Gasteiger partial charge is 0.419 e. The van der Waals surface area contributed by atoms with Crippen molar-refractivity contribution in [3.8, 4) is 0 Å². The molecule has 0 aliphatic rings. The monoisotopic (exact) mass is 470 g/mol. The van der Waals surface area contributed by atoms with E-state index in [1.54, 1.807) is 20.8 Å². The molecule has 0 aliphatic carbocycles. The molecule has 1 N–H and O–H groups in total. The van der Waals surface area contributed by atoms with Crippen LogP contribution in [0.5, 0.6) is 0 Å². The third-order valence-electron chi connectivity index (χ3n) is 5.24. The van der Waals surface area contributed by atoms with E-state index < -0.39 is 46.7 Å². The van der Waals surface area contributed by atoms with Crippen molar-refractivity contribution in [2.45, 2.75) is 33.0 Å². The minimum atomic E-state index is -4.91. The molecule has 4 nitrogen and oxygen atoms in total. The molecule has 1 heterocycles. The van der Waals surface area contributed by atoms with Crippen molar-refractivity contribution in [2.24, 2.45) is 5.92 Å². The zero-order chi connectivity index (χ0) is 24.7. The summed E-state index contributed by atoms with van der Waals surface area (Å²) >= 11 is 0. The topological polar surface area (TPSA) is 53.2 Å². The first-order chi connectivity index (χ1) is 15.3. The van der Waals surface area contributed by atoms with Crippen LogP contribution in [0.4, 0.5) is 26.3 Å². The van der Waals surface area contributed by atoms with Gasteiger partial charge in [-0.25, -0.2) is 13.2 Å². The van der Waals surface area contributed by atoms with E-state index in [0.717, 1.165) is 18.2 Å². The first kappa shape index (κ1) is 24.3. The number of halogens is 6. The molecule has 0 saturated carbocycles. The predicted octanol–water partition coefficient (Wildman–Crippen LogP) is 5.82. The number of aromatic amines is 1. The molecule has 3 rings (SSSR count). The van der Waals surface area contributed by atoms with Gasteiger partial charge in [0, 0.05) is 18.3 Å².